The molecule has 46 heteroatoms. The summed E-state index contributed by atoms with van der Waals surface area (Å²) in [5.41, 5.74) is 3.15. The molecule has 4 rings (SSSR count). The fraction of sp³-hybridized carbons (Fsp3) is 0.0952. The SMILES string of the molecule is Cc1cc(F)c([N+](=O)[O-])cc1Nc1nccc(-c2cn(C)c3cc(C#N)ccc23)n1.[H-].[K+].[K][K].[K][K].[K][K].[K][K].[K][K].[K][K].[K][K].[K][K].[K][K].[K][K].[K][K].[K][K].[K][K].[K][K].[K][K].[K][K].[K][K].[K][K]. The summed E-state index contributed by atoms with van der Waals surface area (Å²) < 4.78 is 15.7. The molecule has 0 saturated carbocycles. The minimum absolute atomic E-state index is 0. The maximum absolute atomic E-state index is 13.8. The fourth-order valence-corrected chi connectivity index (χ4v) is 3.28. The Bertz CT molecular complexity index is 1430. The molecule has 0 spiro atoms. The van der Waals surface area contributed by atoms with Gasteiger partial charge in [-0.1, -0.05) is 6.07 Å². The van der Waals surface area contributed by atoms with Crippen LogP contribution in [0.3, 0.4) is 0 Å². The molecule has 0 bridgehead atoms. The van der Waals surface area contributed by atoms with E-state index in [1.54, 1.807) is 31.3 Å². The van der Waals surface area contributed by atoms with Gasteiger partial charge in [-0.2, -0.15) is 9.65 Å². The molecule has 4 aromatic rings. The molecule has 2 aromatic heterocycles. The monoisotopic (exact) mass is 1840 g/mol. The Morgan fingerprint density at radius 3 is 1.31 bits per heavy atom. The minimum atomic E-state index is -0.898. The van der Waals surface area contributed by atoms with Gasteiger partial charge < -0.3 is 11.3 Å². The van der Waals surface area contributed by atoms with Crippen molar-refractivity contribution in [3.8, 4) is 17.3 Å². The average molecular weight is 1850 g/mol. The number of anilines is 2. The van der Waals surface area contributed by atoms with Crippen molar-refractivity contribution in [3.63, 3.8) is 0 Å². The van der Waals surface area contributed by atoms with Crippen LogP contribution in [0.25, 0.3) is 22.2 Å². The van der Waals surface area contributed by atoms with Gasteiger partial charge in [0.25, 0.3) is 0 Å². The Hall–Kier alpha value is 56.2. The third kappa shape index (κ3) is 120. The van der Waals surface area contributed by atoms with Gasteiger partial charge in [0.2, 0.25) is 11.8 Å². The van der Waals surface area contributed by atoms with Crippen LogP contribution in [0, 0.1) is 34.2 Å². The molecular weight excluding hydrogens is 1830 g/mol. The molecule has 0 fully saturated rings. The Morgan fingerprint density at radius 1 is 0.627 bits per heavy atom. The fourth-order valence-electron chi connectivity index (χ4n) is 3.28. The second-order valence-electron chi connectivity index (χ2n) is 6.76. The van der Waals surface area contributed by atoms with Crippen LogP contribution < -0.4 is 56.7 Å². The zero-order chi connectivity index (χ0) is 57.4. The van der Waals surface area contributed by atoms with E-state index < -0.39 is 16.4 Å². The van der Waals surface area contributed by atoms with Crippen LogP contribution in [-0.2, 0) is 7.05 Å². The molecule has 0 radical (unpaired) electrons. The second kappa shape index (κ2) is 165. The third-order valence-electron chi connectivity index (χ3n) is 4.79. The van der Waals surface area contributed by atoms with E-state index in [0.29, 0.717) is 22.5 Å². The number of hydrogen-bond acceptors (Lipinski definition) is 6. The average Bonchev–Trinajstić information content (AvgIpc) is 3.79. The predicted molar refractivity (Wildman–Crippen MR) is 318 cm³/mol. The van der Waals surface area contributed by atoms with E-state index in [1.807, 2.05) is 23.9 Å². The number of aryl methyl sites for hydroxylation is 2. The first kappa shape index (κ1) is 160. The Morgan fingerprint density at radius 2 is 0.985 bits per heavy atom. The van der Waals surface area contributed by atoms with Gasteiger partial charge in [0.05, 0.1) is 27.9 Å². The van der Waals surface area contributed by atoms with Crippen LogP contribution in [0.15, 0.2) is 48.8 Å². The first-order valence-electron chi connectivity index (χ1n) is 26.9. The molecule has 0 aliphatic carbocycles. The molecule has 2 heterocycles. The number of rotatable bonds is 4. The summed E-state index contributed by atoms with van der Waals surface area (Å²) >= 11 is 45.0. The summed E-state index contributed by atoms with van der Waals surface area (Å²) in [6.45, 7) is 1.64. The van der Waals surface area contributed by atoms with E-state index in [9.17, 15) is 14.5 Å². The summed E-state index contributed by atoms with van der Waals surface area (Å²) in [4.78, 5) is 19.0. The third-order valence-corrected chi connectivity index (χ3v) is 4.79. The molecule has 1 N–H and O–H groups in total. The Kier molecular flexibility index (Phi) is 395. The Labute approximate surface area is 1270 Å². The number of nitrogens with zero attached hydrogens (tertiary/aromatic N) is 5. The van der Waals surface area contributed by atoms with Crippen molar-refractivity contribution in [3.05, 3.63) is 75.9 Å². The summed E-state index contributed by atoms with van der Waals surface area (Å²) in [6, 6.07) is 11.5. The number of hydrogen-bond donors (Lipinski definition) is 1. The number of nitriles is 1. The van der Waals surface area contributed by atoms with Crippen LogP contribution in [0.5, 0.6) is 0 Å². The molecule has 67 heavy (non-hydrogen) atoms. The van der Waals surface area contributed by atoms with Gasteiger partial charge in [0.15, 0.2) is 0 Å². The van der Waals surface area contributed by atoms with E-state index in [2.05, 4.69) is 21.4 Å². The summed E-state index contributed by atoms with van der Waals surface area (Å²) in [6.07, 6.45) is 3.48. The molecule has 0 aliphatic rings. The first-order valence-corrected chi connectivity index (χ1v) is 315. The molecule has 8 nitrogen and oxygen atoms in total. The van der Waals surface area contributed by atoms with Gasteiger partial charge in [-0.25, -0.2) is 9.97 Å². The van der Waals surface area contributed by atoms with E-state index in [0.717, 1.165) is 28.6 Å². The molecule has 0 aliphatic heterocycles. The summed E-state index contributed by atoms with van der Waals surface area (Å²) in [5.74, 6) is -0.674. The number of nitro groups is 1. The van der Waals surface area contributed by atoms with Gasteiger partial charge >= 0.3 is 1190 Å². The van der Waals surface area contributed by atoms with Crippen molar-refractivity contribution in [2.24, 2.45) is 7.05 Å². The van der Waals surface area contributed by atoms with Crippen molar-refractivity contribution in [1.29, 1.82) is 5.26 Å². The quantitative estimate of drug-likeness (QED) is 0.124. The van der Waals surface area contributed by atoms with Crippen molar-refractivity contribution in [2.75, 3.05) is 5.32 Å². The van der Waals surface area contributed by atoms with Crippen LogP contribution >= 0.6 is 0 Å². The first-order chi connectivity index (χ1) is 32.4. The number of fused-ring (bicyclic) bond motifs is 1. The molecule has 0 unspecified atom stereocenters. The molecule has 0 atom stereocenters. The van der Waals surface area contributed by atoms with Crippen LogP contribution in [0.4, 0.5) is 21.7 Å². The van der Waals surface area contributed by atoms with Gasteiger partial charge in [0, 0.05) is 42.0 Å². The Balaban J connectivity index is -0.0000000388. The molecular formula is C21H16FK37N6O2. The zero-order valence-electron chi connectivity index (χ0n) is 54.0. The van der Waals surface area contributed by atoms with Crippen molar-refractivity contribution in [1.82, 2.24) is 14.5 Å². The predicted octanol–water partition coefficient (Wildman–Crippen LogP) is -12.0. The molecule has 0 saturated heterocycles. The van der Waals surface area contributed by atoms with Gasteiger partial charge in [-0.05, 0) is 36.8 Å². The topological polar surface area (TPSA) is 110 Å². The standard InChI is InChI=1S/C21H15FN6O2.37K.H/c1-12-7-16(22)20(28(29)30)9-18(12)26-21-24-6-5-17(25-21)15-11-27(2)19-8-13(10-23)3-4-14(15)19;;;;;;;;;;;;;;;;;;;;;;;;;;;;;;;;;;;;;;/h3-9,11H,1-2H3,(H,24,25,26);;;;;;;;;;;;;;;;;;;;;;;;;;;;;;;;;;;;;;/q;;;;;;;;;;;;;;;;;;;;;;;;;;;;;;;;;;;;;+1;-1. The van der Waals surface area contributed by atoms with Crippen LogP contribution in [0.2, 0.25) is 0 Å². The summed E-state index contributed by atoms with van der Waals surface area (Å²) in [5, 5.41) is 24.0. The van der Waals surface area contributed by atoms with Crippen molar-refractivity contribution < 1.29 is 62.1 Å². The maximum atomic E-state index is 13.8. The van der Waals surface area contributed by atoms with Gasteiger partial charge in [0.1, 0.15) is 0 Å². The van der Waals surface area contributed by atoms with Crippen LogP contribution in [-0.4, -0.2) is 1160 Å². The second-order valence-corrected chi connectivity index (χ2v) is 6.76. The molecule has 0 amide bonds. The molecule has 2 aromatic carbocycles. The van der Waals surface area contributed by atoms with Gasteiger partial charge in [-0.3, -0.25) is 10.1 Å². The van der Waals surface area contributed by atoms with Crippen LogP contribution in [0.1, 0.15) is 12.6 Å². The summed E-state index contributed by atoms with van der Waals surface area (Å²) in [7, 11) is 1.88. The number of nitrogens with one attached hydrogen (secondary N) is 1. The molecule has 186 valence electrons. The number of aromatic nitrogens is 3. The number of nitro benzene ring substituents is 1. The number of benzene rings is 2. The van der Waals surface area contributed by atoms with E-state index in [4.69, 9.17) is 5.26 Å². The number of halogens is 1. The van der Waals surface area contributed by atoms with E-state index >= 15 is 0 Å². The van der Waals surface area contributed by atoms with Gasteiger partial charge in [-0.15, -0.1) is 0 Å². The zero-order valence-corrected chi connectivity index (χ0v) is 169. The van der Waals surface area contributed by atoms with E-state index in [-0.39, 0.29) is 58.8 Å². The van der Waals surface area contributed by atoms with Crippen molar-refractivity contribution in [2.45, 2.75) is 6.92 Å². The normalized spacial score (nSPS) is 6.96. The van der Waals surface area contributed by atoms with E-state index in [1.165, 1.54) is 1140 Å². The van der Waals surface area contributed by atoms with Crippen molar-refractivity contribution >= 4 is 1160 Å².